The predicted octanol–water partition coefficient (Wildman–Crippen LogP) is 1.05. The van der Waals surface area contributed by atoms with E-state index in [0.717, 1.165) is 16.5 Å². The lowest BCUT2D eigenvalue weighted by molar-refractivity contribution is -0.122. The zero-order valence-electron chi connectivity index (χ0n) is 12.2. The average Bonchev–Trinajstić information content (AvgIpc) is 3.17. The molecule has 0 aliphatic rings. The van der Waals surface area contributed by atoms with Crippen LogP contribution >= 0.6 is 0 Å². The van der Waals surface area contributed by atoms with E-state index in [2.05, 4.69) is 15.3 Å². The van der Waals surface area contributed by atoms with Crippen LogP contribution in [0.3, 0.4) is 0 Å². The molecule has 1 aromatic carbocycles. The average molecular weight is 297 g/mol. The van der Waals surface area contributed by atoms with E-state index in [1.54, 1.807) is 12.5 Å². The van der Waals surface area contributed by atoms with Gasteiger partial charge in [-0.25, -0.2) is 4.98 Å². The van der Waals surface area contributed by atoms with Gasteiger partial charge < -0.3 is 20.6 Å². The number of aromatic amines is 1. The van der Waals surface area contributed by atoms with Gasteiger partial charge in [-0.05, 0) is 18.1 Å². The van der Waals surface area contributed by atoms with E-state index in [-0.39, 0.29) is 5.91 Å². The molecule has 114 valence electrons. The number of nitrogens with one attached hydrogen (secondary N) is 2. The Bertz CT molecular complexity index is 747. The first kappa shape index (κ1) is 14.3. The number of para-hydroxylation sites is 1. The van der Waals surface area contributed by atoms with Crippen LogP contribution < -0.4 is 11.1 Å². The van der Waals surface area contributed by atoms with Crippen LogP contribution in [-0.2, 0) is 17.8 Å². The fourth-order valence-corrected chi connectivity index (χ4v) is 2.49. The maximum Gasteiger partial charge on any atom is 0.237 e. The molecule has 0 unspecified atom stereocenters. The Kier molecular flexibility index (Phi) is 4.20. The minimum absolute atomic E-state index is 0.134. The molecule has 2 aromatic heterocycles. The molecule has 2 heterocycles. The number of carbonyl (C=O) groups excluding carboxylic acids is 1. The Morgan fingerprint density at radius 1 is 1.41 bits per heavy atom. The minimum Gasteiger partial charge on any atom is -0.361 e. The first-order valence-electron chi connectivity index (χ1n) is 7.28. The molecule has 22 heavy (non-hydrogen) atoms. The van der Waals surface area contributed by atoms with Crippen molar-refractivity contribution in [1.82, 2.24) is 19.9 Å². The lowest BCUT2D eigenvalue weighted by atomic mass is 10.1. The number of nitrogens with zero attached hydrogens (tertiary/aromatic N) is 2. The van der Waals surface area contributed by atoms with Crippen molar-refractivity contribution in [3.63, 3.8) is 0 Å². The summed E-state index contributed by atoms with van der Waals surface area (Å²) in [5.74, 6) is -0.134. The normalized spacial score (nSPS) is 12.4. The smallest absolute Gasteiger partial charge is 0.237 e. The van der Waals surface area contributed by atoms with E-state index in [0.29, 0.717) is 19.5 Å². The molecule has 3 aromatic rings. The van der Waals surface area contributed by atoms with E-state index < -0.39 is 6.04 Å². The zero-order valence-corrected chi connectivity index (χ0v) is 12.2. The highest BCUT2D eigenvalue weighted by atomic mass is 16.2. The molecule has 0 bridgehead atoms. The highest BCUT2D eigenvalue weighted by Crippen LogP contribution is 2.18. The van der Waals surface area contributed by atoms with Crippen LogP contribution in [0.1, 0.15) is 5.56 Å². The summed E-state index contributed by atoms with van der Waals surface area (Å²) in [7, 11) is 0. The summed E-state index contributed by atoms with van der Waals surface area (Å²) in [6.45, 7) is 1.22. The molecule has 1 amide bonds. The summed E-state index contributed by atoms with van der Waals surface area (Å²) in [6, 6.07) is 7.45. The highest BCUT2D eigenvalue weighted by Gasteiger charge is 2.15. The van der Waals surface area contributed by atoms with Crippen molar-refractivity contribution >= 4 is 16.8 Å². The summed E-state index contributed by atoms with van der Waals surface area (Å²) in [5.41, 5.74) is 8.14. The fourth-order valence-electron chi connectivity index (χ4n) is 2.49. The van der Waals surface area contributed by atoms with Crippen molar-refractivity contribution in [3.05, 3.63) is 54.7 Å². The molecule has 6 heteroatoms. The lowest BCUT2D eigenvalue weighted by Gasteiger charge is -2.12. The van der Waals surface area contributed by atoms with Crippen molar-refractivity contribution in [2.45, 2.75) is 19.0 Å². The topological polar surface area (TPSA) is 88.7 Å². The van der Waals surface area contributed by atoms with Crippen molar-refractivity contribution in [3.8, 4) is 0 Å². The second-order valence-electron chi connectivity index (χ2n) is 5.26. The van der Waals surface area contributed by atoms with Gasteiger partial charge in [0.2, 0.25) is 5.91 Å². The standard InChI is InChI=1S/C16H19N5O/c17-14(16(22)19-6-8-21-7-5-18-11-21)9-12-10-20-15-4-2-1-3-13(12)15/h1-5,7,10-11,14,20H,6,8-9,17H2,(H,19,22)/t14-/m0/s1. The van der Waals surface area contributed by atoms with Gasteiger partial charge in [0.05, 0.1) is 12.4 Å². The SMILES string of the molecule is N[C@@H](Cc1c[nH]c2ccccc12)C(=O)NCCn1ccnc1. The van der Waals surface area contributed by atoms with Crippen LogP contribution in [0.5, 0.6) is 0 Å². The third kappa shape index (κ3) is 3.17. The number of hydrogen-bond acceptors (Lipinski definition) is 3. The molecule has 0 radical (unpaired) electrons. The van der Waals surface area contributed by atoms with E-state index in [4.69, 9.17) is 5.73 Å². The van der Waals surface area contributed by atoms with Gasteiger partial charge in [-0.15, -0.1) is 0 Å². The van der Waals surface area contributed by atoms with Gasteiger partial charge in [-0.2, -0.15) is 0 Å². The predicted molar refractivity (Wildman–Crippen MR) is 85.2 cm³/mol. The number of imidazole rings is 1. The van der Waals surface area contributed by atoms with Crippen molar-refractivity contribution in [2.24, 2.45) is 5.73 Å². The number of aromatic nitrogens is 3. The molecular weight excluding hydrogens is 278 g/mol. The van der Waals surface area contributed by atoms with Crippen LogP contribution in [0.2, 0.25) is 0 Å². The Labute approximate surface area is 128 Å². The molecule has 0 saturated heterocycles. The van der Waals surface area contributed by atoms with Crippen molar-refractivity contribution < 1.29 is 4.79 Å². The Morgan fingerprint density at radius 3 is 3.09 bits per heavy atom. The number of fused-ring (bicyclic) bond motifs is 1. The minimum atomic E-state index is -0.554. The Morgan fingerprint density at radius 2 is 2.27 bits per heavy atom. The monoisotopic (exact) mass is 297 g/mol. The third-order valence-electron chi connectivity index (χ3n) is 3.68. The Hall–Kier alpha value is -2.60. The molecular formula is C16H19N5O. The van der Waals surface area contributed by atoms with Crippen LogP contribution in [0, 0.1) is 0 Å². The summed E-state index contributed by atoms with van der Waals surface area (Å²) in [6.07, 6.45) is 7.73. The van der Waals surface area contributed by atoms with Crippen LogP contribution in [0.4, 0.5) is 0 Å². The number of benzene rings is 1. The van der Waals surface area contributed by atoms with Gasteiger partial charge >= 0.3 is 0 Å². The molecule has 0 saturated carbocycles. The number of carbonyl (C=O) groups is 1. The van der Waals surface area contributed by atoms with Crippen LogP contribution in [0.25, 0.3) is 10.9 Å². The molecule has 6 nitrogen and oxygen atoms in total. The largest absolute Gasteiger partial charge is 0.361 e. The molecule has 0 aliphatic heterocycles. The number of amides is 1. The fraction of sp³-hybridized carbons (Fsp3) is 0.250. The number of nitrogens with two attached hydrogens (primary N) is 1. The molecule has 4 N–H and O–H groups in total. The molecule has 1 atom stereocenters. The number of rotatable bonds is 6. The summed E-state index contributed by atoms with van der Waals surface area (Å²) < 4.78 is 1.91. The first-order valence-corrected chi connectivity index (χ1v) is 7.28. The van der Waals surface area contributed by atoms with Gasteiger partial charge in [0.15, 0.2) is 0 Å². The van der Waals surface area contributed by atoms with Gasteiger partial charge in [-0.3, -0.25) is 4.79 Å². The first-order chi connectivity index (χ1) is 10.7. The lowest BCUT2D eigenvalue weighted by Crippen LogP contribution is -2.43. The van der Waals surface area contributed by atoms with Crippen molar-refractivity contribution in [1.29, 1.82) is 0 Å². The third-order valence-corrected chi connectivity index (χ3v) is 3.68. The molecule has 3 rings (SSSR count). The summed E-state index contributed by atoms with van der Waals surface area (Å²) in [5, 5.41) is 3.97. The maximum atomic E-state index is 12.1. The maximum absolute atomic E-state index is 12.1. The van der Waals surface area contributed by atoms with Crippen LogP contribution in [0.15, 0.2) is 49.2 Å². The van der Waals surface area contributed by atoms with Gasteiger partial charge in [0.1, 0.15) is 0 Å². The molecule has 0 aliphatic carbocycles. The van der Waals surface area contributed by atoms with Gasteiger partial charge in [0, 0.05) is 42.6 Å². The Balaban J connectivity index is 1.54. The van der Waals surface area contributed by atoms with Crippen molar-refractivity contribution in [2.75, 3.05) is 6.54 Å². The summed E-state index contributed by atoms with van der Waals surface area (Å²) >= 11 is 0. The summed E-state index contributed by atoms with van der Waals surface area (Å²) in [4.78, 5) is 19.2. The number of hydrogen-bond donors (Lipinski definition) is 3. The highest BCUT2D eigenvalue weighted by molar-refractivity contribution is 5.86. The van der Waals surface area contributed by atoms with E-state index in [9.17, 15) is 4.79 Å². The number of H-pyrrole nitrogens is 1. The van der Waals surface area contributed by atoms with Gasteiger partial charge in [-0.1, -0.05) is 18.2 Å². The van der Waals surface area contributed by atoms with E-state index in [1.165, 1.54) is 0 Å². The molecule has 0 spiro atoms. The van der Waals surface area contributed by atoms with Gasteiger partial charge in [0.25, 0.3) is 0 Å². The quantitative estimate of drug-likeness (QED) is 0.635. The van der Waals surface area contributed by atoms with E-state index in [1.807, 2.05) is 41.2 Å². The zero-order chi connectivity index (χ0) is 15.4. The van der Waals surface area contributed by atoms with E-state index >= 15 is 0 Å². The molecule has 0 fully saturated rings. The second kappa shape index (κ2) is 6.44. The second-order valence-corrected chi connectivity index (χ2v) is 5.26. The van der Waals surface area contributed by atoms with Crippen LogP contribution in [-0.4, -0.2) is 33.0 Å².